The normalized spacial score (nSPS) is 12.3. The van der Waals surface area contributed by atoms with Gasteiger partial charge in [-0.3, -0.25) is 8.75 Å². The van der Waals surface area contributed by atoms with Crippen molar-refractivity contribution in [3.05, 3.63) is 75.0 Å². The number of hydrogen-bond acceptors (Lipinski definition) is 3. The number of carbonyl (C=O) groups excluding carboxylic acids is 1. The number of aromatic nitrogens is 1. The Labute approximate surface area is 180 Å². The monoisotopic (exact) mass is 454 g/mol. The van der Waals surface area contributed by atoms with E-state index in [4.69, 9.17) is 16.3 Å². The van der Waals surface area contributed by atoms with Gasteiger partial charge in [-0.1, -0.05) is 23.7 Å². The van der Waals surface area contributed by atoms with E-state index < -0.39 is 11.7 Å². The summed E-state index contributed by atoms with van der Waals surface area (Å²) in [7, 11) is 0. The predicted octanol–water partition coefficient (Wildman–Crippen LogP) is 6.01. The SMILES string of the molecule is CCn1sc(=NC(=O)Cc2ccc(Oc3ccc(C(F)(F)F)cc3)cc2)c(Cl)c1C. The number of alkyl halides is 3. The summed E-state index contributed by atoms with van der Waals surface area (Å²) in [5, 5.41) is 0.482. The fraction of sp³-hybridized carbons (Fsp3) is 0.238. The molecule has 0 atom stereocenters. The van der Waals surface area contributed by atoms with Crippen LogP contribution in [0.15, 0.2) is 53.5 Å². The van der Waals surface area contributed by atoms with Crippen LogP contribution in [0.3, 0.4) is 0 Å². The number of halogens is 4. The molecule has 1 amide bonds. The van der Waals surface area contributed by atoms with Gasteiger partial charge in [0.05, 0.1) is 17.0 Å². The molecule has 9 heteroatoms. The molecule has 3 rings (SSSR count). The summed E-state index contributed by atoms with van der Waals surface area (Å²) in [5.74, 6) is 0.412. The topological polar surface area (TPSA) is 43.6 Å². The summed E-state index contributed by atoms with van der Waals surface area (Å²) in [6.45, 7) is 4.61. The largest absolute Gasteiger partial charge is 0.457 e. The lowest BCUT2D eigenvalue weighted by Gasteiger charge is -2.09. The number of benzene rings is 2. The molecule has 1 aromatic heterocycles. The summed E-state index contributed by atoms with van der Waals surface area (Å²) < 4.78 is 45.8. The molecule has 0 fully saturated rings. The summed E-state index contributed by atoms with van der Waals surface area (Å²) in [4.78, 5) is 16.4. The van der Waals surface area contributed by atoms with Crippen LogP contribution < -0.4 is 9.41 Å². The van der Waals surface area contributed by atoms with Crippen molar-refractivity contribution in [1.29, 1.82) is 0 Å². The van der Waals surface area contributed by atoms with E-state index in [-0.39, 0.29) is 18.1 Å². The molecule has 2 aromatic carbocycles. The van der Waals surface area contributed by atoms with E-state index >= 15 is 0 Å². The Morgan fingerprint density at radius 2 is 1.67 bits per heavy atom. The molecule has 0 bridgehead atoms. The second-order valence-corrected chi connectivity index (χ2v) is 7.83. The summed E-state index contributed by atoms with van der Waals surface area (Å²) in [5.41, 5.74) is 0.870. The Kier molecular flexibility index (Phi) is 6.67. The minimum atomic E-state index is -4.39. The van der Waals surface area contributed by atoms with Crippen molar-refractivity contribution in [3.8, 4) is 11.5 Å². The van der Waals surface area contributed by atoms with Crippen LogP contribution in [-0.4, -0.2) is 9.86 Å². The van der Waals surface area contributed by atoms with E-state index in [9.17, 15) is 18.0 Å². The van der Waals surface area contributed by atoms with Crippen molar-refractivity contribution in [3.63, 3.8) is 0 Å². The fourth-order valence-electron chi connectivity index (χ4n) is 2.70. The number of amides is 1. The molecule has 0 saturated heterocycles. The first-order valence-corrected chi connectivity index (χ1v) is 10.2. The van der Waals surface area contributed by atoms with Crippen LogP contribution in [-0.2, 0) is 23.9 Å². The molecule has 0 aliphatic rings. The molecule has 30 heavy (non-hydrogen) atoms. The van der Waals surface area contributed by atoms with Crippen molar-refractivity contribution in [2.24, 2.45) is 4.99 Å². The van der Waals surface area contributed by atoms with E-state index in [0.717, 1.165) is 29.9 Å². The summed E-state index contributed by atoms with van der Waals surface area (Å²) in [6, 6.07) is 11.2. The molecule has 3 aromatic rings. The first-order chi connectivity index (χ1) is 14.2. The van der Waals surface area contributed by atoms with Crippen LogP contribution in [0.1, 0.15) is 23.7 Å². The van der Waals surface area contributed by atoms with Crippen molar-refractivity contribution >= 4 is 29.0 Å². The van der Waals surface area contributed by atoms with E-state index in [1.54, 1.807) is 24.3 Å². The van der Waals surface area contributed by atoms with E-state index in [1.807, 2.05) is 17.8 Å². The smallest absolute Gasteiger partial charge is 0.416 e. The van der Waals surface area contributed by atoms with Gasteiger partial charge in [0.15, 0.2) is 4.67 Å². The Morgan fingerprint density at radius 3 is 2.17 bits per heavy atom. The third kappa shape index (κ3) is 5.31. The lowest BCUT2D eigenvalue weighted by molar-refractivity contribution is -0.137. The Bertz CT molecular complexity index is 1100. The minimum Gasteiger partial charge on any atom is -0.457 e. The first-order valence-electron chi connectivity index (χ1n) is 9.05. The molecule has 0 aliphatic carbocycles. The average molecular weight is 455 g/mol. The van der Waals surface area contributed by atoms with Gasteiger partial charge in [-0.15, -0.1) is 0 Å². The van der Waals surface area contributed by atoms with Crippen LogP contribution in [0.2, 0.25) is 5.02 Å². The van der Waals surface area contributed by atoms with Gasteiger partial charge in [0.25, 0.3) is 5.91 Å². The lowest BCUT2D eigenvalue weighted by Crippen LogP contribution is -2.06. The average Bonchev–Trinajstić information content (AvgIpc) is 2.97. The highest BCUT2D eigenvalue weighted by Crippen LogP contribution is 2.31. The number of carbonyl (C=O) groups is 1. The highest BCUT2D eigenvalue weighted by molar-refractivity contribution is 7.04. The maximum Gasteiger partial charge on any atom is 0.416 e. The van der Waals surface area contributed by atoms with Crippen molar-refractivity contribution in [1.82, 2.24) is 3.96 Å². The number of nitrogens with zero attached hydrogens (tertiary/aromatic N) is 2. The third-order valence-corrected chi connectivity index (χ3v) is 6.07. The molecule has 4 nitrogen and oxygen atoms in total. The van der Waals surface area contributed by atoms with Crippen LogP contribution in [0.4, 0.5) is 13.2 Å². The predicted molar refractivity (Wildman–Crippen MR) is 110 cm³/mol. The fourth-order valence-corrected chi connectivity index (χ4v) is 3.93. The van der Waals surface area contributed by atoms with Gasteiger partial charge in [-0.25, -0.2) is 0 Å². The Hall–Kier alpha value is -2.58. The zero-order valence-electron chi connectivity index (χ0n) is 16.2. The van der Waals surface area contributed by atoms with Gasteiger partial charge in [0.2, 0.25) is 0 Å². The highest BCUT2D eigenvalue weighted by Gasteiger charge is 2.30. The molecule has 0 radical (unpaired) electrons. The standard InChI is InChI=1S/C21H18ClF3N2O2S/c1-3-27-13(2)19(22)20(30-27)26-18(28)12-14-4-8-16(9-5-14)29-17-10-6-15(7-11-17)21(23,24)25/h4-11H,3,12H2,1-2H3. The second kappa shape index (κ2) is 9.06. The molecule has 0 saturated carbocycles. The van der Waals surface area contributed by atoms with E-state index in [0.29, 0.717) is 15.4 Å². The van der Waals surface area contributed by atoms with Crippen LogP contribution >= 0.6 is 23.1 Å². The van der Waals surface area contributed by atoms with Crippen LogP contribution in [0.5, 0.6) is 11.5 Å². The van der Waals surface area contributed by atoms with Crippen molar-refractivity contribution in [2.75, 3.05) is 0 Å². The Balaban J connectivity index is 1.66. The van der Waals surface area contributed by atoms with Gasteiger partial charge >= 0.3 is 6.18 Å². The molecular weight excluding hydrogens is 437 g/mol. The number of aryl methyl sites for hydroxylation is 1. The zero-order chi connectivity index (χ0) is 21.9. The minimum absolute atomic E-state index is 0.0972. The maximum absolute atomic E-state index is 12.6. The van der Waals surface area contributed by atoms with E-state index in [2.05, 4.69) is 4.99 Å². The van der Waals surface area contributed by atoms with Gasteiger partial charge < -0.3 is 4.74 Å². The summed E-state index contributed by atoms with van der Waals surface area (Å²) >= 11 is 7.57. The number of hydrogen-bond donors (Lipinski definition) is 0. The lowest BCUT2D eigenvalue weighted by atomic mass is 10.1. The number of rotatable bonds is 5. The van der Waals surface area contributed by atoms with Crippen molar-refractivity contribution < 1.29 is 22.7 Å². The molecule has 0 N–H and O–H groups in total. The third-order valence-electron chi connectivity index (χ3n) is 4.29. The molecule has 0 spiro atoms. The second-order valence-electron chi connectivity index (χ2n) is 6.44. The van der Waals surface area contributed by atoms with Crippen LogP contribution in [0, 0.1) is 6.92 Å². The van der Waals surface area contributed by atoms with Crippen LogP contribution in [0.25, 0.3) is 0 Å². The molecular formula is C21H18ClF3N2O2S. The zero-order valence-corrected chi connectivity index (χ0v) is 17.7. The molecule has 0 unspecified atom stereocenters. The van der Waals surface area contributed by atoms with Crippen molar-refractivity contribution in [2.45, 2.75) is 33.0 Å². The highest BCUT2D eigenvalue weighted by atomic mass is 35.5. The maximum atomic E-state index is 12.6. The van der Waals surface area contributed by atoms with Gasteiger partial charge in [-0.2, -0.15) is 18.2 Å². The molecule has 1 heterocycles. The quantitative estimate of drug-likeness (QED) is 0.473. The van der Waals surface area contributed by atoms with E-state index in [1.165, 1.54) is 23.7 Å². The Morgan fingerprint density at radius 1 is 1.10 bits per heavy atom. The molecule has 158 valence electrons. The first kappa shape index (κ1) is 22.1. The van der Waals surface area contributed by atoms with Gasteiger partial charge in [0, 0.05) is 12.2 Å². The molecule has 0 aliphatic heterocycles. The van der Waals surface area contributed by atoms with Gasteiger partial charge in [-0.05, 0) is 67.3 Å². The van der Waals surface area contributed by atoms with Gasteiger partial charge in [0.1, 0.15) is 11.5 Å². The number of ether oxygens (including phenoxy) is 1. The summed E-state index contributed by atoms with van der Waals surface area (Å²) in [6.07, 6.45) is -4.29.